The van der Waals surface area contributed by atoms with Gasteiger partial charge in [-0.05, 0) is 31.0 Å². The highest BCUT2D eigenvalue weighted by molar-refractivity contribution is 5.94. The van der Waals surface area contributed by atoms with E-state index in [2.05, 4.69) is 5.32 Å². The van der Waals surface area contributed by atoms with Gasteiger partial charge in [0.05, 0.1) is 12.2 Å². The van der Waals surface area contributed by atoms with Gasteiger partial charge < -0.3 is 15.2 Å². The molecule has 0 radical (unpaired) electrons. The van der Waals surface area contributed by atoms with E-state index in [0.717, 1.165) is 6.42 Å². The van der Waals surface area contributed by atoms with Gasteiger partial charge in [-0.25, -0.2) is 4.39 Å². The summed E-state index contributed by atoms with van der Waals surface area (Å²) in [5.74, 6) is -0.675. The minimum absolute atomic E-state index is 0.0649. The van der Waals surface area contributed by atoms with Crippen LogP contribution in [-0.2, 0) is 11.3 Å². The van der Waals surface area contributed by atoms with E-state index in [4.69, 9.17) is 4.74 Å². The first-order chi connectivity index (χ1) is 9.81. The third-order valence-corrected chi connectivity index (χ3v) is 3.89. The quantitative estimate of drug-likeness (QED) is 0.813. The zero-order valence-electron chi connectivity index (χ0n) is 13.1. The van der Waals surface area contributed by atoms with Crippen LogP contribution in [0.3, 0.4) is 0 Å². The lowest BCUT2D eigenvalue weighted by atomic mass is 9.88. The number of methoxy groups -OCH3 is 1. The molecular weight excluding hydrogens is 273 g/mol. The molecule has 0 spiro atoms. The fraction of sp³-hybridized carbons (Fsp3) is 0.562. The van der Waals surface area contributed by atoms with E-state index in [1.54, 1.807) is 6.92 Å². The molecule has 5 heteroatoms. The fourth-order valence-corrected chi connectivity index (χ4v) is 1.96. The monoisotopic (exact) mass is 297 g/mol. The summed E-state index contributed by atoms with van der Waals surface area (Å²) in [6, 6.07) is 4.13. The molecule has 0 aliphatic carbocycles. The van der Waals surface area contributed by atoms with E-state index in [9.17, 15) is 14.3 Å². The molecule has 1 rings (SSSR count). The Morgan fingerprint density at radius 1 is 1.52 bits per heavy atom. The average Bonchev–Trinajstić information content (AvgIpc) is 2.46. The molecule has 4 nitrogen and oxygen atoms in total. The molecule has 2 atom stereocenters. The van der Waals surface area contributed by atoms with Crippen LogP contribution in [-0.4, -0.2) is 30.3 Å². The van der Waals surface area contributed by atoms with Gasteiger partial charge >= 0.3 is 0 Å². The van der Waals surface area contributed by atoms with E-state index in [-0.39, 0.29) is 25.0 Å². The van der Waals surface area contributed by atoms with Crippen molar-refractivity contribution in [2.45, 2.75) is 39.4 Å². The molecule has 0 saturated heterocycles. The van der Waals surface area contributed by atoms with Gasteiger partial charge in [-0.15, -0.1) is 0 Å². The summed E-state index contributed by atoms with van der Waals surface area (Å²) < 4.78 is 18.4. The minimum Gasteiger partial charge on any atom is -0.388 e. The lowest BCUT2D eigenvalue weighted by Gasteiger charge is -2.29. The molecule has 0 bridgehead atoms. The zero-order chi connectivity index (χ0) is 16.0. The highest BCUT2D eigenvalue weighted by atomic mass is 19.1. The first-order valence-electron chi connectivity index (χ1n) is 7.09. The van der Waals surface area contributed by atoms with Crippen molar-refractivity contribution < 1.29 is 19.0 Å². The maximum absolute atomic E-state index is 13.5. The van der Waals surface area contributed by atoms with Crippen LogP contribution in [0, 0.1) is 11.7 Å². The van der Waals surface area contributed by atoms with Crippen molar-refractivity contribution >= 4 is 5.91 Å². The topological polar surface area (TPSA) is 58.6 Å². The predicted octanol–water partition coefficient (Wildman–Crippen LogP) is 2.50. The van der Waals surface area contributed by atoms with Gasteiger partial charge in [0.2, 0.25) is 0 Å². The normalized spacial score (nSPS) is 15.3. The number of ether oxygens (including phenoxy) is 1. The molecule has 2 N–H and O–H groups in total. The summed E-state index contributed by atoms with van der Waals surface area (Å²) >= 11 is 0. The van der Waals surface area contributed by atoms with E-state index in [1.807, 2.05) is 13.8 Å². The summed E-state index contributed by atoms with van der Waals surface area (Å²) in [6.07, 6.45) is 0.817. The summed E-state index contributed by atoms with van der Waals surface area (Å²) in [6.45, 7) is 5.87. The Morgan fingerprint density at radius 3 is 2.76 bits per heavy atom. The van der Waals surface area contributed by atoms with Gasteiger partial charge in [-0.3, -0.25) is 4.79 Å². The number of halogens is 1. The summed E-state index contributed by atoms with van der Waals surface area (Å²) in [5.41, 5.74) is -0.290. The van der Waals surface area contributed by atoms with Crippen molar-refractivity contribution in [3.63, 3.8) is 0 Å². The third kappa shape index (κ3) is 4.79. The second kappa shape index (κ2) is 7.52. The van der Waals surface area contributed by atoms with Crippen LogP contribution in [0.5, 0.6) is 0 Å². The Balaban J connectivity index is 2.74. The van der Waals surface area contributed by atoms with Crippen molar-refractivity contribution in [1.29, 1.82) is 0 Å². The number of carbonyl (C=O) groups excluding carboxylic acids is 1. The van der Waals surface area contributed by atoms with E-state index in [1.165, 1.54) is 25.3 Å². The van der Waals surface area contributed by atoms with Crippen LogP contribution in [0.1, 0.15) is 43.1 Å². The maximum Gasteiger partial charge on any atom is 0.251 e. The lowest BCUT2D eigenvalue weighted by molar-refractivity contribution is 0.00592. The highest BCUT2D eigenvalue weighted by Crippen LogP contribution is 2.19. The first-order valence-corrected chi connectivity index (χ1v) is 7.09. The van der Waals surface area contributed by atoms with Crippen molar-refractivity contribution in [2.75, 3.05) is 13.7 Å². The van der Waals surface area contributed by atoms with Gasteiger partial charge in [0.1, 0.15) is 5.82 Å². The van der Waals surface area contributed by atoms with Crippen LogP contribution in [0.4, 0.5) is 4.39 Å². The molecule has 1 aromatic rings. The Hall–Kier alpha value is -1.46. The highest BCUT2D eigenvalue weighted by Gasteiger charge is 2.27. The van der Waals surface area contributed by atoms with Crippen LogP contribution in [0.2, 0.25) is 0 Å². The summed E-state index contributed by atoms with van der Waals surface area (Å²) in [4.78, 5) is 12.1. The van der Waals surface area contributed by atoms with Crippen molar-refractivity contribution in [3.8, 4) is 0 Å². The van der Waals surface area contributed by atoms with E-state index < -0.39 is 11.4 Å². The van der Waals surface area contributed by atoms with Gasteiger partial charge in [0, 0.05) is 24.8 Å². The predicted molar refractivity (Wildman–Crippen MR) is 79.5 cm³/mol. The minimum atomic E-state index is -0.972. The van der Waals surface area contributed by atoms with Crippen LogP contribution >= 0.6 is 0 Å². The average molecular weight is 297 g/mol. The molecule has 0 aliphatic rings. The third-order valence-electron chi connectivity index (χ3n) is 3.89. The van der Waals surface area contributed by atoms with Crippen molar-refractivity contribution in [3.05, 3.63) is 35.1 Å². The van der Waals surface area contributed by atoms with Crippen molar-refractivity contribution in [1.82, 2.24) is 5.32 Å². The molecule has 0 aromatic heterocycles. The summed E-state index contributed by atoms with van der Waals surface area (Å²) in [5, 5.41) is 13.0. The fourth-order valence-electron chi connectivity index (χ4n) is 1.96. The smallest absolute Gasteiger partial charge is 0.251 e. The molecule has 0 fully saturated rings. The Kier molecular flexibility index (Phi) is 6.30. The molecule has 2 unspecified atom stereocenters. The zero-order valence-corrected chi connectivity index (χ0v) is 13.1. The largest absolute Gasteiger partial charge is 0.388 e. The SMILES string of the molecule is CCC(C)C(C)(O)CNC(=O)c1ccc(F)c(COC)c1. The number of amides is 1. The van der Waals surface area contributed by atoms with E-state index >= 15 is 0 Å². The molecule has 0 aliphatic heterocycles. The van der Waals surface area contributed by atoms with Gasteiger partial charge in [-0.2, -0.15) is 0 Å². The number of hydrogen-bond donors (Lipinski definition) is 2. The second-order valence-corrected chi connectivity index (χ2v) is 5.59. The molecular formula is C16H24FNO3. The van der Waals surface area contributed by atoms with Crippen LogP contribution in [0.15, 0.2) is 18.2 Å². The molecule has 0 heterocycles. The maximum atomic E-state index is 13.5. The number of benzene rings is 1. The standard InChI is InChI=1S/C16H24FNO3/c1-5-11(2)16(3,20)10-18-15(19)12-6-7-14(17)13(8-12)9-21-4/h6-8,11,20H,5,9-10H2,1-4H3,(H,18,19). The number of carbonyl (C=O) groups is 1. The van der Waals surface area contributed by atoms with Crippen molar-refractivity contribution in [2.24, 2.45) is 5.92 Å². The van der Waals surface area contributed by atoms with Crippen LogP contribution in [0.25, 0.3) is 0 Å². The Bertz CT molecular complexity index is 488. The van der Waals surface area contributed by atoms with Gasteiger partial charge in [-0.1, -0.05) is 20.3 Å². The number of nitrogens with one attached hydrogen (secondary N) is 1. The molecule has 118 valence electrons. The lowest BCUT2D eigenvalue weighted by Crippen LogP contribution is -2.45. The number of aliphatic hydroxyl groups is 1. The molecule has 0 saturated carbocycles. The van der Waals surface area contributed by atoms with E-state index in [0.29, 0.717) is 11.1 Å². The van der Waals surface area contributed by atoms with Crippen LogP contribution < -0.4 is 5.32 Å². The molecule has 1 amide bonds. The van der Waals surface area contributed by atoms with Gasteiger partial charge in [0.15, 0.2) is 0 Å². The second-order valence-electron chi connectivity index (χ2n) is 5.59. The molecule has 1 aromatic carbocycles. The summed E-state index contributed by atoms with van der Waals surface area (Å²) in [7, 11) is 1.47. The number of rotatable bonds is 7. The number of hydrogen-bond acceptors (Lipinski definition) is 3. The Morgan fingerprint density at radius 2 is 2.19 bits per heavy atom. The first kappa shape index (κ1) is 17.6. The van der Waals surface area contributed by atoms with Gasteiger partial charge in [0.25, 0.3) is 5.91 Å². The Labute approximate surface area is 125 Å². The molecule has 21 heavy (non-hydrogen) atoms.